The van der Waals surface area contributed by atoms with Gasteiger partial charge in [-0.3, -0.25) is 4.79 Å². The number of nitrogens with zero attached hydrogens (tertiary/aromatic N) is 4. The van der Waals surface area contributed by atoms with Crippen molar-refractivity contribution in [3.05, 3.63) is 66.2 Å². The van der Waals surface area contributed by atoms with Crippen LogP contribution in [0.2, 0.25) is 0 Å². The topological polar surface area (TPSA) is 51.0 Å². The van der Waals surface area contributed by atoms with Crippen LogP contribution in [0.1, 0.15) is 38.2 Å². The molecule has 1 saturated heterocycles. The van der Waals surface area contributed by atoms with Crippen molar-refractivity contribution >= 4 is 17.7 Å². The zero-order valence-corrected chi connectivity index (χ0v) is 19.6. The van der Waals surface area contributed by atoms with E-state index in [2.05, 4.69) is 69.1 Å². The van der Waals surface area contributed by atoms with Gasteiger partial charge in [0.2, 0.25) is 5.91 Å². The Morgan fingerprint density at radius 1 is 1.00 bits per heavy atom. The summed E-state index contributed by atoms with van der Waals surface area (Å²) >= 11 is 1.70. The zero-order chi connectivity index (χ0) is 22.2. The first-order valence-electron chi connectivity index (χ1n) is 11.7. The molecule has 1 aromatic heterocycles. The second-order valence-electron chi connectivity index (χ2n) is 8.38. The standard InChI is InChI=1S/C26H32N4OS/c1-2-30-25(23-12-7-4-8-13-23)27-28-26(30)32-19-9-14-24(31)29-17-15-22(16-18-29)20-21-10-5-3-6-11-21/h3-8,10-13,22H,2,9,14-20H2,1H3. The Balaban J connectivity index is 1.19. The molecule has 0 N–H and O–H groups in total. The molecule has 0 bridgehead atoms. The van der Waals surface area contributed by atoms with Crippen molar-refractivity contribution in [2.45, 2.75) is 50.7 Å². The first-order chi connectivity index (χ1) is 15.7. The van der Waals surface area contributed by atoms with Crippen molar-refractivity contribution in [1.82, 2.24) is 19.7 Å². The highest BCUT2D eigenvalue weighted by Crippen LogP contribution is 2.25. The predicted molar refractivity (Wildman–Crippen MR) is 131 cm³/mol. The second kappa shape index (κ2) is 11.3. The fourth-order valence-electron chi connectivity index (χ4n) is 4.36. The molecule has 0 atom stereocenters. The Morgan fingerprint density at radius 2 is 1.69 bits per heavy atom. The summed E-state index contributed by atoms with van der Waals surface area (Å²) in [5.74, 6) is 2.77. The lowest BCUT2D eigenvalue weighted by atomic mass is 9.90. The number of hydrogen-bond acceptors (Lipinski definition) is 4. The molecular weight excluding hydrogens is 416 g/mol. The molecule has 5 nitrogen and oxygen atoms in total. The van der Waals surface area contributed by atoms with E-state index in [1.165, 1.54) is 5.56 Å². The summed E-state index contributed by atoms with van der Waals surface area (Å²) in [6.45, 7) is 4.74. The van der Waals surface area contributed by atoms with Crippen LogP contribution in [0.3, 0.4) is 0 Å². The van der Waals surface area contributed by atoms with E-state index in [1.54, 1.807) is 11.8 Å². The Morgan fingerprint density at radius 3 is 2.38 bits per heavy atom. The quantitative estimate of drug-likeness (QED) is 0.328. The molecule has 4 rings (SSSR count). The van der Waals surface area contributed by atoms with Gasteiger partial charge in [0.1, 0.15) is 0 Å². The van der Waals surface area contributed by atoms with Gasteiger partial charge in [-0.15, -0.1) is 10.2 Å². The van der Waals surface area contributed by atoms with E-state index in [4.69, 9.17) is 0 Å². The molecular formula is C26H32N4OS. The molecule has 0 radical (unpaired) electrons. The van der Waals surface area contributed by atoms with Crippen LogP contribution in [0, 0.1) is 5.92 Å². The zero-order valence-electron chi connectivity index (χ0n) is 18.8. The number of piperidine rings is 1. The van der Waals surface area contributed by atoms with E-state index >= 15 is 0 Å². The maximum absolute atomic E-state index is 12.7. The maximum Gasteiger partial charge on any atom is 0.222 e. The summed E-state index contributed by atoms with van der Waals surface area (Å²) < 4.78 is 2.15. The third kappa shape index (κ3) is 5.80. The largest absolute Gasteiger partial charge is 0.343 e. The van der Waals surface area contributed by atoms with Gasteiger partial charge in [-0.2, -0.15) is 0 Å². The van der Waals surface area contributed by atoms with Crippen LogP contribution in [0.4, 0.5) is 0 Å². The number of rotatable bonds is 9. The van der Waals surface area contributed by atoms with Gasteiger partial charge in [0.05, 0.1) is 0 Å². The molecule has 0 saturated carbocycles. The van der Waals surface area contributed by atoms with Crippen LogP contribution >= 0.6 is 11.8 Å². The van der Waals surface area contributed by atoms with Crippen molar-refractivity contribution in [3.8, 4) is 11.4 Å². The molecule has 2 heterocycles. The fourth-order valence-corrected chi connectivity index (χ4v) is 5.30. The molecule has 168 valence electrons. The molecule has 6 heteroatoms. The molecule has 0 aliphatic carbocycles. The Kier molecular flexibility index (Phi) is 7.99. The molecule has 3 aromatic rings. The number of thioether (sulfide) groups is 1. The average molecular weight is 449 g/mol. The summed E-state index contributed by atoms with van der Waals surface area (Å²) in [4.78, 5) is 14.7. The monoisotopic (exact) mass is 448 g/mol. The van der Waals surface area contributed by atoms with E-state index in [0.29, 0.717) is 18.2 Å². The molecule has 1 fully saturated rings. The normalized spacial score (nSPS) is 14.6. The van der Waals surface area contributed by atoms with Gasteiger partial charge in [0.25, 0.3) is 0 Å². The molecule has 1 amide bonds. The van der Waals surface area contributed by atoms with Crippen LogP contribution in [-0.2, 0) is 17.8 Å². The molecule has 2 aromatic carbocycles. The molecule has 32 heavy (non-hydrogen) atoms. The molecule has 1 aliphatic heterocycles. The summed E-state index contributed by atoms with van der Waals surface area (Å²) in [6, 6.07) is 20.9. The van der Waals surface area contributed by atoms with Crippen molar-refractivity contribution in [1.29, 1.82) is 0 Å². The molecule has 1 aliphatic rings. The molecule has 0 unspecified atom stereocenters. The van der Waals surface area contributed by atoms with Crippen LogP contribution in [-0.4, -0.2) is 44.4 Å². The highest BCUT2D eigenvalue weighted by atomic mass is 32.2. The summed E-state index contributed by atoms with van der Waals surface area (Å²) in [5.41, 5.74) is 2.49. The third-order valence-electron chi connectivity index (χ3n) is 6.17. The van der Waals surface area contributed by atoms with Gasteiger partial charge in [-0.05, 0) is 44.1 Å². The number of amides is 1. The van der Waals surface area contributed by atoms with Gasteiger partial charge in [0, 0.05) is 37.4 Å². The fraction of sp³-hybridized carbons (Fsp3) is 0.423. The average Bonchev–Trinajstić information content (AvgIpc) is 3.26. The molecule has 0 spiro atoms. The van der Waals surface area contributed by atoms with Crippen LogP contribution < -0.4 is 0 Å². The number of hydrogen-bond donors (Lipinski definition) is 0. The number of carbonyl (C=O) groups is 1. The van der Waals surface area contributed by atoms with Gasteiger partial charge < -0.3 is 9.47 Å². The number of likely N-dealkylation sites (tertiary alicyclic amines) is 1. The highest BCUT2D eigenvalue weighted by molar-refractivity contribution is 7.99. The lowest BCUT2D eigenvalue weighted by Gasteiger charge is -2.32. The first kappa shape index (κ1) is 22.6. The number of benzene rings is 2. The Hall–Kier alpha value is -2.60. The van der Waals surface area contributed by atoms with Gasteiger partial charge in [-0.25, -0.2) is 0 Å². The predicted octanol–water partition coefficient (Wildman–Crippen LogP) is 5.32. The SMILES string of the molecule is CCn1c(SCCCC(=O)N2CCC(Cc3ccccc3)CC2)nnc1-c1ccccc1. The summed E-state index contributed by atoms with van der Waals surface area (Å²) in [7, 11) is 0. The smallest absolute Gasteiger partial charge is 0.222 e. The van der Waals surface area contributed by atoms with Gasteiger partial charge >= 0.3 is 0 Å². The van der Waals surface area contributed by atoms with Crippen molar-refractivity contribution in [2.24, 2.45) is 5.92 Å². The maximum atomic E-state index is 12.7. The third-order valence-corrected chi connectivity index (χ3v) is 7.22. The van der Waals surface area contributed by atoms with E-state index in [-0.39, 0.29) is 0 Å². The summed E-state index contributed by atoms with van der Waals surface area (Å²) in [6.07, 6.45) is 4.82. The summed E-state index contributed by atoms with van der Waals surface area (Å²) in [5, 5.41) is 9.72. The van der Waals surface area contributed by atoms with Crippen LogP contribution in [0.5, 0.6) is 0 Å². The van der Waals surface area contributed by atoms with Crippen molar-refractivity contribution < 1.29 is 4.79 Å². The van der Waals surface area contributed by atoms with Crippen LogP contribution in [0.25, 0.3) is 11.4 Å². The lowest BCUT2D eigenvalue weighted by Crippen LogP contribution is -2.38. The minimum absolute atomic E-state index is 0.297. The van der Waals surface area contributed by atoms with E-state index in [0.717, 1.165) is 67.6 Å². The Labute approximate surface area is 195 Å². The van der Waals surface area contributed by atoms with Gasteiger partial charge in [-0.1, -0.05) is 72.4 Å². The van der Waals surface area contributed by atoms with Crippen molar-refractivity contribution in [3.63, 3.8) is 0 Å². The van der Waals surface area contributed by atoms with Gasteiger partial charge in [0.15, 0.2) is 11.0 Å². The number of aromatic nitrogens is 3. The van der Waals surface area contributed by atoms with E-state index in [9.17, 15) is 4.79 Å². The lowest BCUT2D eigenvalue weighted by molar-refractivity contribution is -0.132. The van der Waals surface area contributed by atoms with E-state index < -0.39 is 0 Å². The van der Waals surface area contributed by atoms with Crippen LogP contribution in [0.15, 0.2) is 65.8 Å². The van der Waals surface area contributed by atoms with Crippen molar-refractivity contribution in [2.75, 3.05) is 18.8 Å². The first-order valence-corrected chi connectivity index (χ1v) is 12.7. The second-order valence-corrected chi connectivity index (χ2v) is 9.44. The highest BCUT2D eigenvalue weighted by Gasteiger charge is 2.22. The minimum atomic E-state index is 0.297. The number of carbonyl (C=O) groups excluding carboxylic acids is 1. The van der Waals surface area contributed by atoms with E-state index in [1.807, 2.05) is 18.2 Å². The minimum Gasteiger partial charge on any atom is -0.343 e. The Bertz CT molecular complexity index is 982.